The molecule has 1 amide bonds. The third-order valence-electron chi connectivity index (χ3n) is 3.58. The van der Waals surface area contributed by atoms with Gasteiger partial charge in [-0.2, -0.15) is 0 Å². The molecule has 7 nitrogen and oxygen atoms in total. The number of amides is 1. The summed E-state index contributed by atoms with van der Waals surface area (Å²) in [5, 5.41) is 10.6. The quantitative estimate of drug-likeness (QED) is 0.714. The van der Waals surface area contributed by atoms with Gasteiger partial charge < -0.3 is 4.42 Å². The Morgan fingerprint density at radius 2 is 1.81 bits per heavy atom. The van der Waals surface area contributed by atoms with Crippen LogP contribution in [0.1, 0.15) is 17.3 Å². The molecule has 3 rings (SSSR count). The summed E-state index contributed by atoms with van der Waals surface area (Å²) in [5.74, 6) is -0.561. The van der Waals surface area contributed by atoms with Crippen molar-refractivity contribution in [3.63, 3.8) is 0 Å². The van der Waals surface area contributed by atoms with Gasteiger partial charge in [0, 0.05) is 10.6 Å². The van der Waals surface area contributed by atoms with E-state index in [1.54, 1.807) is 36.4 Å². The third kappa shape index (κ3) is 3.76. The largest absolute Gasteiger partial charge is 0.403 e. The Bertz CT molecular complexity index is 1050. The summed E-state index contributed by atoms with van der Waals surface area (Å²) in [6.07, 6.45) is 0. The summed E-state index contributed by atoms with van der Waals surface area (Å²) < 4.78 is 29.7. The first-order valence-electron chi connectivity index (χ1n) is 7.63. The van der Waals surface area contributed by atoms with Crippen LogP contribution < -0.4 is 5.32 Å². The molecular weight excluding hydrogens is 378 g/mol. The van der Waals surface area contributed by atoms with Gasteiger partial charge >= 0.3 is 6.01 Å². The molecule has 0 atom stereocenters. The van der Waals surface area contributed by atoms with E-state index in [1.165, 1.54) is 19.1 Å². The number of aromatic nitrogens is 2. The number of hydrogen-bond donors (Lipinski definition) is 1. The highest BCUT2D eigenvalue weighted by atomic mass is 35.5. The number of halogens is 1. The fourth-order valence-corrected chi connectivity index (χ4v) is 3.45. The van der Waals surface area contributed by atoms with E-state index in [-0.39, 0.29) is 28.1 Å². The van der Waals surface area contributed by atoms with Crippen molar-refractivity contribution in [2.75, 3.05) is 11.1 Å². The second kappa shape index (κ2) is 7.27. The second-order valence-corrected chi connectivity index (χ2v) is 7.96. The van der Waals surface area contributed by atoms with Gasteiger partial charge in [-0.3, -0.25) is 10.1 Å². The van der Waals surface area contributed by atoms with Gasteiger partial charge in [-0.05, 0) is 36.4 Å². The monoisotopic (exact) mass is 391 g/mol. The van der Waals surface area contributed by atoms with E-state index in [0.29, 0.717) is 10.6 Å². The number of carbonyl (C=O) groups excluding carboxylic acids is 1. The Morgan fingerprint density at radius 1 is 1.12 bits per heavy atom. The molecule has 0 spiro atoms. The maximum Gasteiger partial charge on any atom is 0.322 e. The highest BCUT2D eigenvalue weighted by Gasteiger charge is 2.22. The first-order valence-corrected chi connectivity index (χ1v) is 9.66. The molecule has 0 aliphatic rings. The Morgan fingerprint density at radius 3 is 2.50 bits per heavy atom. The van der Waals surface area contributed by atoms with Crippen molar-refractivity contribution in [2.24, 2.45) is 0 Å². The molecule has 0 saturated carbocycles. The van der Waals surface area contributed by atoms with E-state index >= 15 is 0 Å². The van der Waals surface area contributed by atoms with Gasteiger partial charge in [0.2, 0.25) is 5.89 Å². The van der Waals surface area contributed by atoms with Crippen molar-refractivity contribution in [1.29, 1.82) is 0 Å². The van der Waals surface area contributed by atoms with Crippen LogP contribution in [0.2, 0.25) is 5.02 Å². The Labute approximate surface area is 154 Å². The van der Waals surface area contributed by atoms with Crippen LogP contribution in [0, 0.1) is 0 Å². The summed E-state index contributed by atoms with van der Waals surface area (Å²) in [6, 6.07) is 12.6. The van der Waals surface area contributed by atoms with Gasteiger partial charge in [0.25, 0.3) is 5.91 Å². The van der Waals surface area contributed by atoms with E-state index in [0.717, 1.165) is 0 Å². The minimum atomic E-state index is -3.55. The number of sulfone groups is 1. The van der Waals surface area contributed by atoms with Crippen LogP contribution in [0.3, 0.4) is 0 Å². The molecule has 0 unspecified atom stereocenters. The average Bonchev–Trinajstić information content (AvgIpc) is 3.10. The maximum absolute atomic E-state index is 12.5. The lowest BCUT2D eigenvalue weighted by Gasteiger charge is -2.07. The van der Waals surface area contributed by atoms with Crippen molar-refractivity contribution in [1.82, 2.24) is 10.2 Å². The van der Waals surface area contributed by atoms with Crippen molar-refractivity contribution >= 4 is 33.4 Å². The molecule has 0 aliphatic heterocycles. The molecule has 26 heavy (non-hydrogen) atoms. The van der Waals surface area contributed by atoms with Crippen LogP contribution in [-0.4, -0.2) is 30.3 Å². The highest BCUT2D eigenvalue weighted by Crippen LogP contribution is 2.23. The van der Waals surface area contributed by atoms with Crippen molar-refractivity contribution in [3.8, 4) is 11.5 Å². The first-order chi connectivity index (χ1) is 12.4. The molecule has 3 aromatic rings. The number of benzene rings is 2. The SMILES string of the molecule is CCS(=O)(=O)c1ccccc1C(=O)Nc1nnc(-c2ccc(Cl)cc2)o1. The lowest BCUT2D eigenvalue weighted by Crippen LogP contribution is -2.17. The van der Waals surface area contributed by atoms with Crippen LogP contribution in [0.4, 0.5) is 6.01 Å². The average molecular weight is 392 g/mol. The van der Waals surface area contributed by atoms with Crippen LogP contribution in [-0.2, 0) is 9.84 Å². The van der Waals surface area contributed by atoms with Crippen molar-refractivity contribution in [2.45, 2.75) is 11.8 Å². The van der Waals surface area contributed by atoms with E-state index in [1.807, 2.05) is 0 Å². The smallest absolute Gasteiger partial charge is 0.322 e. The molecule has 9 heteroatoms. The number of nitrogens with zero attached hydrogens (tertiary/aromatic N) is 2. The number of rotatable bonds is 5. The number of anilines is 1. The fraction of sp³-hybridized carbons (Fsp3) is 0.118. The van der Waals surface area contributed by atoms with Crippen LogP contribution in [0.15, 0.2) is 57.8 Å². The normalized spacial score (nSPS) is 11.3. The molecule has 0 aliphatic carbocycles. The van der Waals surface area contributed by atoms with Crippen LogP contribution >= 0.6 is 11.6 Å². The number of carbonyl (C=O) groups is 1. The molecule has 134 valence electrons. The molecule has 0 bridgehead atoms. The first kappa shape index (κ1) is 18.1. The summed E-state index contributed by atoms with van der Waals surface area (Å²) in [7, 11) is -3.55. The van der Waals surface area contributed by atoms with Gasteiger partial charge in [-0.15, -0.1) is 5.10 Å². The molecule has 1 aromatic heterocycles. The Balaban J connectivity index is 1.85. The van der Waals surface area contributed by atoms with Crippen LogP contribution in [0.5, 0.6) is 0 Å². The Kier molecular flexibility index (Phi) is 5.06. The van der Waals surface area contributed by atoms with Gasteiger partial charge in [-0.1, -0.05) is 35.8 Å². The molecule has 0 saturated heterocycles. The van der Waals surface area contributed by atoms with Gasteiger partial charge in [0.05, 0.1) is 16.2 Å². The Hall–Kier alpha value is -2.71. The molecule has 0 fully saturated rings. The van der Waals surface area contributed by atoms with Gasteiger partial charge in [0.1, 0.15) is 0 Å². The molecule has 0 radical (unpaired) electrons. The standard InChI is InChI=1S/C17H14ClN3O4S/c1-2-26(23,24)14-6-4-3-5-13(14)15(22)19-17-21-20-16(25-17)11-7-9-12(18)10-8-11/h3-10H,2H2,1H3,(H,19,21,22). The summed E-state index contributed by atoms with van der Waals surface area (Å²) in [6.45, 7) is 1.51. The minimum absolute atomic E-state index is 0.0144. The van der Waals surface area contributed by atoms with E-state index in [4.69, 9.17) is 16.0 Å². The van der Waals surface area contributed by atoms with E-state index in [2.05, 4.69) is 15.5 Å². The molecule has 1 heterocycles. The van der Waals surface area contributed by atoms with Crippen molar-refractivity contribution in [3.05, 3.63) is 59.1 Å². The second-order valence-electron chi connectivity index (χ2n) is 5.27. The zero-order valence-electron chi connectivity index (χ0n) is 13.6. The zero-order chi connectivity index (χ0) is 18.7. The highest BCUT2D eigenvalue weighted by molar-refractivity contribution is 7.91. The van der Waals surface area contributed by atoms with E-state index in [9.17, 15) is 13.2 Å². The molecule has 1 N–H and O–H groups in total. The molecular formula is C17H14ClN3O4S. The minimum Gasteiger partial charge on any atom is -0.403 e. The molecule has 2 aromatic carbocycles. The van der Waals surface area contributed by atoms with Gasteiger partial charge in [-0.25, -0.2) is 8.42 Å². The van der Waals surface area contributed by atoms with Gasteiger partial charge in [0.15, 0.2) is 9.84 Å². The predicted molar refractivity (Wildman–Crippen MR) is 96.9 cm³/mol. The number of hydrogen-bond acceptors (Lipinski definition) is 6. The summed E-state index contributed by atoms with van der Waals surface area (Å²) >= 11 is 5.83. The van der Waals surface area contributed by atoms with E-state index < -0.39 is 15.7 Å². The lowest BCUT2D eigenvalue weighted by atomic mass is 10.2. The number of nitrogens with one attached hydrogen (secondary N) is 1. The fourth-order valence-electron chi connectivity index (χ4n) is 2.23. The third-order valence-corrected chi connectivity index (χ3v) is 5.62. The maximum atomic E-state index is 12.5. The summed E-state index contributed by atoms with van der Waals surface area (Å²) in [5.41, 5.74) is 0.650. The zero-order valence-corrected chi connectivity index (χ0v) is 15.2. The van der Waals surface area contributed by atoms with Crippen molar-refractivity contribution < 1.29 is 17.6 Å². The topological polar surface area (TPSA) is 102 Å². The lowest BCUT2D eigenvalue weighted by molar-refractivity contribution is 0.102. The summed E-state index contributed by atoms with van der Waals surface area (Å²) in [4.78, 5) is 12.4. The van der Waals surface area contributed by atoms with Crippen LogP contribution in [0.25, 0.3) is 11.5 Å². The predicted octanol–water partition coefficient (Wildman–Crippen LogP) is 3.44.